The number of nitrogens with zero attached hydrogens (tertiary/aromatic N) is 2. The van der Waals surface area contributed by atoms with Crippen LogP contribution < -0.4 is 0 Å². The first-order chi connectivity index (χ1) is 14.0. The standard InChI is InChI=1S/C24H25ClN2O2/c25-21-10-8-20(9-11-21)24(29)12-16-27(17-13-24)23(28)18-22(26-14-4-5-15-26)19-6-2-1-3-7-19/h1-11,14-15,22,29H,12-13,16-18H2/t22-/m0/s1. The van der Waals surface area contributed by atoms with E-state index in [1.165, 1.54) is 0 Å². The lowest BCUT2D eigenvalue weighted by Gasteiger charge is -2.39. The van der Waals surface area contributed by atoms with Crippen molar-refractivity contribution >= 4 is 17.5 Å². The summed E-state index contributed by atoms with van der Waals surface area (Å²) in [7, 11) is 0. The number of hydrogen-bond donors (Lipinski definition) is 1. The van der Waals surface area contributed by atoms with Crippen molar-refractivity contribution in [1.29, 1.82) is 0 Å². The van der Waals surface area contributed by atoms with Crippen LogP contribution in [0.1, 0.15) is 36.4 Å². The smallest absolute Gasteiger partial charge is 0.225 e. The van der Waals surface area contributed by atoms with Crippen LogP contribution in [0.4, 0.5) is 0 Å². The Kier molecular flexibility index (Phi) is 5.74. The highest BCUT2D eigenvalue weighted by Gasteiger charge is 2.35. The molecule has 1 amide bonds. The number of hydrogen-bond acceptors (Lipinski definition) is 2. The van der Waals surface area contributed by atoms with Crippen molar-refractivity contribution in [1.82, 2.24) is 9.47 Å². The van der Waals surface area contributed by atoms with Gasteiger partial charge >= 0.3 is 0 Å². The average molecular weight is 409 g/mol. The van der Waals surface area contributed by atoms with Crippen LogP contribution in [0.3, 0.4) is 0 Å². The van der Waals surface area contributed by atoms with Crippen LogP contribution in [-0.4, -0.2) is 33.6 Å². The lowest BCUT2D eigenvalue weighted by molar-refractivity contribution is -0.136. The second-order valence-corrected chi connectivity index (χ2v) is 8.12. The van der Waals surface area contributed by atoms with E-state index in [0.29, 0.717) is 37.4 Å². The van der Waals surface area contributed by atoms with Gasteiger partial charge in [-0.3, -0.25) is 4.79 Å². The van der Waals surface area contributed by atoms with Crippen LogP contribution in [0, 0.1) is 0 Å². The van der Waals surface area contributed by atoms with Gasteiger partial charge in [-0.25, -0.2) is 0 Å². The van der Waals surface area contributed by atoms with Gasteiger partial charge < -0.3 is 14.6 Å². The number of carbonyl (C=O) groups is 1. The molecule has 1 saturated heterocycles. The molecule has 29 heavy (non-hydrogen) atoms. The highest BCUT2D eigenvalue weighted by atomic mass is 35.5. The molecule has 5 heteroatoms. The number of amides is 1. The highest BCUT2D eigenvalue weighted by molar-refractivity contribution is 6.30. The summed E-state index contributed by atoms with van der Waals surface area (Å²) in [5, 5.41) is 11.7. The molecule has 0 unspecified atom stereocenters. The summed E-state index contributed by atoms with van der Waals surface area (Å²) < 4.78 is 2.08. The second-order valence-electron chi connectivity index (χ2n) is 7.68. The number of piperidine rings is 1. The number of aromatic nitrogens is 1. The molecule has 1 aliphatic rings. The normalized spacial score (nSPS) is 17.1. The first-order valence-corrected chi connectivity index (χ1v) is 10.4. The zero-order chi connectivity index (χ0) is 20.3. The predicted octanol–water partition coefficient (Wildman–Crippen LogP) is 4.63. The number of halogens is 1. The molecule has 4 rings (SSSR count). The molecule has 1 atom stereocenters. The topological polar surface area (TPSA) is 45.5 Å². The van der Waals surface area contributed by atoms with Crippen molar-refractivity contribution in [3.63, 3.8) is 0 Å². The quantitative estimate of drug-likeness (QED) is 0.668. The van der Waals surface area contributed by atoms with E-state index >= 15 is 0 Å². The van der Waals surface area contributed by atoms with Gasteiger partial charge in [0.05, 0.1) is 18.1 Å². The minimum absolute atomic E-state index is 0.0317. The average Bonchev–Trinajstić information content (AvgIpc) is 3.28. The molecule has 150 valence electrons. The molecule has 0 aliphatic carbocycles. The van der Waals surface area contributed by atoms with Gasteiger partial charge in [-0.1, -0.05) is 54.1 Å². The highest BCUT2D eigenvalue weighted by Crippen LogP contribution is 2.34. The third kappa shape index (κ3) is 4.39. The van der Waals surface area contributed by atoms with Gasteiger partial charge in [-0.05, 0) is 48.2 Å². The van der Waals surface area contributed by atoms with Crippen LogP contribution in [0.5, 0.6) is 0 Å². The first-order valence-electron chi connectivity index (χ1n) is 9.99. The Hall–Kier alpha value is -2.56. The molecule has 0 spiro atoms. The van der Waals surface area contributed by atoms with E-state index in [1.54, 1.807) is 12.1 Å². The molecule has 0 radical (unpaired) electrons. The zero-order valence-electron chi connectivity index (χ0n) is 16.2. The lowest BCUT2D eigenvalue weighted by Crippen LogP contribution is -2.45. The van der Waals surface area contributed by atoms with Crippen LogP contribution >= 0.6 is 11.6 Å². The summed E-state index contributed by atoms with van der Waals surface area (Å²) in [5.74, 6) is 0.116. The molecule has 1 fully saturated rings. The third-order valence-electron chi connectivity index (χ3n) is 5.86. The fourth-order valence-corrected chi connectivity index (χ4v) is 4.22. The van der Waals surface area contributed by atoms with Crippen LogP contribution in [-0.2, 0) is 10.4 Å². The molecule has 4 nitrogen and oxygen atoms in total. The van der Waals surface area contributed by atoms with Crippen LogP contribution in [0.25, 0.3) is 0 Å². The molecule has 0 saturated carbocycles. The van der Waals surface area contributed by atoms with Crippen molar-refractivity contribution in [2.24, 2.45) is 0 Å². The minimum Gasteiger partial charge on any atom is -0.385 e. The predicted molar refractivity (Wildman–Crippen MR) is 115 cm³/mol. The Morgan fingerprint density at radius 1 is 0.966 bits per heavy atom. The maximum Gasteiger partial charge on any atom is 0.225 e. The van der Waals surface area contributed by atoms with Gasteiger partial charge in [-0.2, -0.15) is 0 Å². The second kappa shape index (κ2) is 8.44. The molecular weight excluding hydrogens is 384 g/mol. The Bertz CT molecular complexity index is 931. The van der Waals surface area contributed by atoms with E-state index in [2.05, 4.69) is 16.7 Å². The largest absolute Gasteiger partial charge is 0.385 e. The first kappa shape index (κ1) is 19.7. The van der Waals surface area contributed by atoms with Crippen molar-refractivity contribution in [3.8, 4) is 0 Å². The van der Waals surface area contributed by atoms with Crippen LogP contribution in [0.15, 0.2) is 79.1 Å². The Morgan fingerprint density at radius 3 is 2.21 bits per heavy atom. The van der Waals surface area contributed by atoms with Gasteiger partial charge in [0.1, 0.15) is 0 Å². The van der Waals surface area contributed by atoms with Gasteiger partial charge in [0, 0.05) is 30.5 Å². The van der Waals surface area contributed by atoms with Gasteiger partial charge in [0.25, 0.3) is 0 Å². The van der Waals surface area contributed by atoms with Gasteiger partial charge in [0.2, 0.25) is 5.91 Å². The number of benzene rings is 2. The van der Waals surface area contributed by atoms with Crippen molar-refractivity contribution < 1.29 is 9.90 Å². The van der Waals surface area contributed by atoms with E-state index < -0.39 is 5.60 Å². The monoisotopic (exact) mass is 408 g/mol. The Morgan fingerprint density at radius 2 is 1.59 bits per heavy atom. The summed E-state index contributed by atoms with van der Waals surface area (Å²) in [5.41, 5.74) is 1.08. The van der Waals surface area contributed by atoms with E-state index in [-0.39, 0.29) is 11.9 Å². The molecule has 0 bridgehead atoms. The summed E-state index contributed by atoms with van der Waals surface area (Å²) in [6, 6.07) is 21.4. The fraction of sp³-hybridized carbons (Fsp3) is 0.292. The van der Waals surface area contributed by atoms with E-state index in [9.17, 15) is 9.90 Å². The summed E-state index contributed by atoms with van der Waals surface area (Å²) in [6.07, 6.45) is 5.46. The van der Waals surface area contributed by atoms with E-state index in [4.69, 9.17) is 11.6 Å². The van der Waals surface area contributed by atoms with Gasteiger partial charge in [-0.15, -0.1) is 0 Å². The summed E-state index contributed by atoms with van der Waals surface area (Å²) >= 11 is 5.97. The van der Waals surface area contributed by atoms with E-state index in [1.807, 2.05) is 59.8 Å². The molecule has 3 aromatic rings. The van der Waals surface area contributed by atoms with Crippen molar-refractivity contribution in [2.45, 2.75) is 30.9 Å². The SMILES string of the molecule is O=C(C[C@@H](c1ccccc1)n1cccc1)N1CCC(O)(c2ccc(Cl)cc2)CC1. The van der Waals surface area contributed by atoms with Crippen molar-refractivity contribution in [2.75, 3.05) is 13.1 Å². The Balaban J connectivity index is 1.44. The summed E-state index contributed by atoms with van der Waals surface area (Å²) in [4.78, 5) is 15.0. The van der Waals surface area contributed by atoms with Crippen molar-refractivity contribution in [3.05, 3.63) is 95.3 Å². The molecule has 1 N–H and O–H groups in total. The molecule has 1 aliphatic heterocycles. The molecule has 2 heterocycles. The molecule has 1 aromatic heterocycles. The van der Waals surface area contributed by atoms with Crippen LogP contribution in [0.2, 0.25) is 5.02 Å². The number of likely N-dealkylation sites (tertiary alicyclic amines) is 1. The summed E-state index contributed by atoms with van der Waals surface area (Å²) in [6.45, 7) is 1.09. The maximum absolute atomic E-state index is 13.1. The fourth-order valence-electron chi connectivity index (χ4n) is 4.10. The maximum atomic E-state index is 13.1. The number of rotatable bonds is 5. The molecular formula is C24H25ClN2O2. The Labute approximate surface area is 176 Å². The minimum atomic E-state index is -0.902. The zero-order valence-corrected chi connectivity index (χ0v) is 17.0. The number of aliphatic hydroxyl groups is 1. The lowest BCUT2D eigenvalue weighted by atomic mass is 9.84. The van der Waals surface area contributed by atoms with E-state index in [0.717, 1.165) is 11.1 Å². The molecule has 2 aromatic carbocycles. The number of carbonyl (C=O) groups excluding carboxylic acids is 1. The van der Waals surface area contributed by atoms with Gasteiger partial charge in [0.15, 0.2) is 0 Å². The third-order valence-corrected chi connectivity index (χ3v) is 6.12.